The number of nitrogen functional groups attached to an aromatic ring is 1. The Hall–Kier alpha value is -1.86. The summed E-state index contributed by atoms with van der Waals surface area (Å²) in [5.41, 5.74) is 5.59. The van der Waals surface area contributed by atoms with E-state index < -0.39 is 0 Å². The van der Waals surface area contributed by atoms with Gasteiger partial charge in [0.2, 0.25) is 10.7 Å². The molecule has 3 rings (SSSR count). The molecule has 0 fully saturated rings. The van der Waals surface area contributed by atoms with Crippen LogP contribution in [0.5, 0.6) is 0 Å². The summed E-state index contributed by atoms with van der Waals surface area (Å²) in [6.07, 6.45) is 0. The van der Waals surface area contributed by atoms with Crippen LogP contribution in [0.4, 0.5) is 10.3 Å². The number of rotatable bonds is 1. The number of nitrogens with two attached hydrogens (primary N) is 1. The van der Waals surface area contributed by atoms with Crippen molar-refractivity contribution in [3.63, 3.8) is 0 Å². The number of nitrogens with zero attached hydrogens (tertiary/aromatic N) is 2. The summed E-state index contributed by atoms with van der Waals surface area (Å²) in [6.45, 7) is 0. The van der Waals surface area contributed by atoms with E-state index in [0.29, 0.717) is 5.82 Å². The van der Waals surface area contributed by atoms with Gasteiger partial charge in [-0.05, 0) is 35.8 Å². The smallest absolute Gasteiger partial charge is 0.224 e. The molecular formula is C11H7FN4S2. The highest BCUT2D eigenvalue weighted by molar-refractivity contribution is 7.71. The molecule has 0 atom stereocenters. The second-order valence-electron chi connectivity index (χ2n) is 3.66. The molecule has 0 unspecified atom stereocenters. The lowest BCUT2D eigenvalue weighted by molar-refractivity contribution is 0.630. The van der Waals surface area contributed by atoms with Gasteiger partial charge in [-0.2, -0.15) is 9.97 Å². The highest BCUT2D eigenvalue weighted by atomic mass is 32.1. The third-order valence-corrected chi connectivity index (χ3v) is 3.67. The fraction of sp³-hybridized carbons (Fsp3) is 0. The van der Waals surface area contributed by atoms with Gasteiger partial charge in [-0.3, -0.25) is 0 Å². The first-order valence-electron chi connectivity index (χ1n) is 5.05. The Morgan fingerprint density at radius 1 is 1.28 bits per heavy atom. The highest BCUT2D eigenvalue weighted by Crippen LogP contribution is 2.32. The molecule has 18 heavy (non-hydrogen) atoms. The zero-order valence-corrected chi connectivity index (χ0v) is 10.6. The average molecular weight is 278 g/mol. The Bertz CT molecular complexity index is 793. The summed E-state index contributed by atoms with van der Waals surface area (Å²) in [5, 5.41) is 0.952. The van der Waals surface area contributed by atoms with Gasteiger partial charge in [0.25, 0.3) is 0 Å². The van der Waals surface area contributed by atoms with Crippen LogP contribution in [-0.2, 0) is 0 Å². The topological polar surface area (TPSA) is 67.6 Å². The predicted octanol–water partition coefficient (Wildman–Crippen LogP) is 3.14. The number of hydrogen-bond donors (Lipinski definition) is 2. The number of aromatic nitrogens is 3. The van der Waals surface area contributed by atoms with Gasteiger partial charge in [0.1, 0.15) is 5.82 Å². The maximum atomic E-state index is 13.1. The monoisotopic (exact) mass is 278 g/mol. The molecule has 1 aromatic carbocycles. The lowest BCUT2D eigenvalue weighted by Crippen LogP contribution is -1.98. The molecule has 90 valence electrons. The molecule has 0 bridgehead atoms. The molecule has 2 aromatic heterocycles. The van der Waals surface area contributed by atoms with Crippen LogP contribution in [0.3, 0.4) is 0 Å². The number of aromatic amines is 1. The van der Waals surface area contributed by atoms with Gasteiger partial charge < -0.3 is 10.7 Å². The molecule has 0 saturated heterocycles. The number of benzene rings is 1. The van der Waals surface area contributed by atoms with Crippen molar-refractivity contribution in [3.05, 3.63) is 34.9 Å². The van der Waals surface area contributed by atoms with Crippen LogP contribution in [0.25, 0.3) is 20.8 Å². The molecule has 7 heteroatoms. The summed E-state index contributed by atoms with van der Waals surface area (Å²) >= 11 is 6.33. The summed E-state index contributed by atoms with van der Waals surface area (Å²) in [7, 11) is 0. The average Bonchev–Trinajstić information content (AvgIpc) is 2.70. The zero-order chi connectivity index (χ0) is 12.7. The molecule has 3 N–H and O–H groups in total. The predicted molar refractivity (Wildman–Crippen MR) is 72.4 cm³/mol. The molecule has 0 saturated carbocycles. The third-order valence-electron chi connectivity index (χ3n) is 2.39. The normalized spacial score (nSPS) is 10.9. The maximum Gasteiger partial charge on any atom is 0.224 e. The summed E-state index contributed by atoms with van der Waals surface area (Å²) in [4.78, 5) is 11.6. The van der Waals surface area contributed by atoms with Crippen molar-refractivity contribution in [2.45, 2.75) is 0 Å². The molecule has 0 aliphatic carbocycles. The minimum atomic E-state index is -0.258. The molecule has 0 aliphatic rings. The van der Waals surface area contributed by atoms with E-state index in [-0.39, 0.29) is 16.5 Å². The first-order chi connectivity index (χ1) is 8.61. The Labute approximate surface area is 110 Å². The number of thiophene rings is 1. The largest absolute Gasteiger partial charge is 0.369 e. The van der Waals surface area contributed by atoms with Crippen LogP contribution in [0.15, 0.2) is 24.3 Å². The number of H-pyrrole nitrogens is 1. The van der Waals surface area contributed by atoms with Gasteiger partial charge in [0, 0.05) is 4.70 Å². The molecule has 3 aromatic rings. The van der Waals surface area contributed by atoms with Crippen molar-refractivity contribution in [1.82, 2.24) is 15.0 Å². The van der Waals surface area contributed by atoms with E-state index in [1.54, 1.807) is 6.07 Å². The Balaban J connectivity index is 2.22. The number of nitrogens with one attached hydrogen (secondary N) is 1. The number of fused-ring (bicyclic) bond motifs is 1. The van der Waals surface area contributed by atoms with E-state index in [1.165, 1.54) is 23.5 Å². The minimum Gasteiger partial charge on any atom is -0.369 e. The molecular weight excluding hydrogens is 271 g/mol. The first-order valence-corrected chi connectivity index (χ1v) is 6.27. The lowest BCUT2D eigenvalue weighted by Gasteiger charge is -1.97. The van der Waals surface area contributed by atoms with Crippen molar-refractivity contribution < 1.29 is 4.39 Å². The van der Waals surface area contributed by atoms with Crippen molar-refractivity contribution in [1.29, 1.82) is 0 Å². The number of halogens is 1. The second kappa shape index (κ2) is 4.11. The minimum absolute atomic E-state index is 0.185. The molecule has 0 radical (unpaired) electrons. The quantitative estimate of drug-likeness (QED) is 0.671. The van der Waals surface area contributed by atoms with Crippen LogP contribution in [0, 0.1) is 10.6 Å². The van der Waals surface area contributed by atoms with Crippen LogP contribution in [0.1, 0.15) is 0 Å². The Kier molecular flexibility index (Phi) is 2.57. The van der Waals surface area contributed by atoms with Crippen LogP contribution >= 0.6 is 23.6 Å². The van der Waals surface area contributed by atoms with E-state index >= 15 is 0 Å². The van der Waals surface area contributed by atoms with E-state index in [4.69, 9.17) is 18.0 Å². The van der Waals surface area contributed by atoms with Crippen molar-refractivity contribution >= 4 is 39.6 Å². The SMILES string of the molecule is Nc1nc(=S)nc(-c2cc3ccc(F)cc3s2)[nH]1. The van der Waals surface area contributed by atoms with Gasteiger partial charge in [-0.25, -0.2) is 4.39 Å². The Morgan fingerprint density at radius 3 is 2.89 bits per heavy atom. The fourth-order valence-electron chi connectivity index (χ4n) is 1.64. The summed E-state index contributed by atoms with van der Waals surface area (Å²) in [6, 6.07) is 6.55. The van der Waals surface area contributed by atoms with Gasteiger partial charge >= 0.3 is 0 Å². The number of anilines is 1. The maximum absolute atomic E-state index is 13.1. The molecule has 0 aliphatic heterocycles. The van der Waals surface area contributed by atoms with Gasteiger partial charge in [0.15, 0.2) is 5.82 Å². The van der Waals surface area contributed by atoms with Crippen LogP contribution in [-0.4, -0.2) is 15.0 Å². The van der Waals surface area contributed by atoms with Crippen molar-refractivity contribution in [3.8, 4) is 10.7 Å². The number of hydrogen-bond acceptors (Lipinski definition) is 5. The van der Waals surface area contributed by atoms with Gasteiger partial charge in [-0.1, -0.05) is 6.07 Å². The van der Waals surface area contributed by atoms with E-state index in [9.17, 15) is 4.39 Å². The Morgan fingerprint density at radius 2 is 2.11 bits per heavy atom. The zero-order valence-electron chi connectivity index (χ0n) is 8.98. The summed E-state index contributed by atoms with van der Waals surface area (Å²) in [5.74, 6) is 0.508. The lowest BCUT2D eigenvalue weighted by atomic mass is 10.2. The third kappa shape index (κ3) is 1.98. The van der Waals surface area contributed by atoms with Crippen LogP contribution in [0.2, 0.25) is 0 Å². The van der Waals surface area contributed by atoms with E-state index in [1.807, 2.05) is 6.07 Å². The first kappa shape index (κ1) is 11.2. The second-order valence-corrected chi connectivity index (χ2v) is 5.11. The van der Waals surface area contributed by atoms with Crippen LogP contribution < -0.4 is 5.73 Å². The van der Waals surface area contributed by atoms with Gasteiger partial charge in [-0.15, -0.1) is 11.3 Å². The molecule has 0 spiro atoms. The standard InChI is InChI=1S/C11H7FN4S2/c12-6-2-1-5-3-8(18-7(5)4-6)9-14-10(13)16-11(17)15-9/h1-4H,(H3,13,14,15,16,17). The van der Waals surface area contributed by atoms with Crippen molar-refractivity contribution in [2.75, 3.05) is 5.73 Å². The van der Waals surface area contributed by atoms with Crippen molar-refractivity contribution in [2.24, 2.45) is 0 Å². The summed E-state index contributed by atoms with van der Waals surface area (Å²) < 4.78 is 14.1. The molecule has 0 amide bonds. The van der Waals surface area contributed by atoms with E-state index in [2.05, 4.69) is 15.0 Å². The fourth-order valence-corrected chi connectivity index (χ4v) is 2.86. The highest BCUT2D eigenvalue weighted by Gasteiger charge is 2.07. The van der Waals surface area contributed by atoms with E-state index in [0.717, 1.165) is 15.0 Å². The van der Waals surface area contributed by atoms with Gasteiger partial charge in [0.05, 0.1) is 4.88 Å². The molecule has 2 heterocycles. The molecule has 4 nitrogen and oxygen atoms in total.